The monoisotopic (exact) mass is 294 g/mol. The topological polar surface area (TPSA) is 33.2 Å². The lowest BCUT2D eigenvalue weighted by atomic mass is 10.2. The molecule has 0 spiro atoms. The lowest BCUT2D eigenvalue weighted by Crippen LogP contribution is -2.26. The first-order chi connectivity index (χ1) is 9.08. The molecule has 1 aromatic heterocycles. The molecule has 0 aliphatic rings. The number of carbonyl (C=O) groups is 1. The quantitative estimate of drug-likeness (QED) is 0.810. The molecule has 98 valence electrons. The fraction of sp³-hybridized carbons (Fsp3) is 0.143. The van der Waals surface area contributed by atoms with Crippen molar-refractivity contribution in [2.24, 2.45) is 0 Å². The van der Waals surface area contributed by atoms with Crippen LogP contribution in [-0.4, -0.2) is 22.8 Å². The van der Waals surface area contributed by atoms with Gasteiger partial charge >= 0.3 is 0 Å². The third-order valence-electron chi connectivity index (χ3n) is 2.69. The van der Waals surface area contributed by atoms with Crippen LogP contribution in [0.15, 0.2) is 42.6 Å². The van der Waals surface area contributed by atoms with Gasteiger partial charge in [-0.25, -0.2) is 4.98 Å². The molecule has 1 amide bonds. The second-order valence-corrected chi connectivity index (χ2v) is 4.92. The van der Waals surface area contributed by atoms with Gasteiger partial charge < -0.3 is 4.90 Å². The molecular weight excluding hydrogens is 283 g/mol. The molecule has 19 heavy (non-hydrogen) atoms. The number of rotatable bonds is 3. The third kappa shape index (κ3) is 3.46. The normalized spacial score (nSPS) is 10.3. The molecule has 0 aliphatic carbocycles. The van der Waals surface area contributed by atoms with E-state index >= 15 is 0 Å². The molecule has 0 unspecified atom stereocenters. The smallest absolute Gasteiger partial charge is 0.255 e. The van der Waals surface area contributed by atoms with Crippen molar-refractivity contribution in [2.45, 2.75) is 6.54 Å². The highest BCUT2D eigenvalue weighted by molar-refractivity contribution is 6.31. The molecule has 3 nitrogen and oxygen atoms in total. The number of carbonyl (C=O) groups excluding carboxylic acids is 1. The van der Waals surface area contributed by atoms with Gasteiger partial charge in [0.2, 0.25) is 0 Å². The first kappa shape index (κ1) is 13.8. The van der Waals surface area contributed by atoms with Crippen LogP contribution in [0.2, 0.25) is 10.2 Å². The average molecular weight is 295 g/mol. The summed E-state index contributed by atoms with van der Waals surface area (Å²) in [7, 11) is 1.72. The highest BCUT2D eigenvalue weighted by atomic mass is 35.5. The summed E-state index contributed by atoms with van der Waals surface area (Å²) in [4.78, 5) is 17.7. The Labute approximate surface area is 121 Å². The number of nitrogens with zero attached hydrogens (tertiary/aromatic N) is 2. The van der Waals surface area contributed by atoms with E-state index in [2.05, 4.69) is 4.98 Å². The molecule has 0 aliphatic heterocycles. The van der Waals surface area contributed by atoms with E-state index in [0.29, 0.717) is 22.3 Å². The van der Waals surface area contributed by atoms with Crippen LogP contribution in [0.3, 0.4) is 0 Å². The van der Waals surface area contributed by atoms with Crippen LogP contribution >= 0.6 is 23.2 Å². The van der Waals surface area contributed by atoms with Crippen LogP contribution in [0.25, 0.3) is 0 Å². The number of aromatic nitrogens is 1. The summed E-state index contributed by atoms with van der Waals surface area (Å²) in [5.41, 5.74) is 1.40. The van der Waals surface area contributed by atoms with Gasteiger partial charge in [-0.2, -0.15) is 0 Å². The molecule has 0 saturated carbocycles. The first-order valence-corrected chi connectivity index (χ1v) is 6.44. The number of hydrogen-bond acceptors (Lipinski definition) is 2. The summed E-state index contributed by atoms with van der Waals surface area (Å²) >= 11 is 11.8. The molecule has 0 N–H and O–H groups in total. The molecule has 0 atom stereocenters. The van der Waals surface area contributed by atoms with E-state index in [4.69, 9.17) is 23.2 Å². The van der Waals surface area contributed by atoms with Crippen molar-refractivity contribution in [1.29, 1.82) is 0 Å². The maximum atomic E-state index is 12.2. The Hall–Kier alpha value is -1.58. The summed E-state index contributed by atoms with van der Waals surface area (Å²) in [5.74, 6) is -0.121. The van der Waals surface area contributed by atoms with Gasteiger partial charge in [-0.05, 0) is 23.8 Å². The van der Waals surface area contributed by atoms with Gasteiger partial charge in [0.1, 0.15) is 5.15 Å². The summed E-state index contributed by atoms with van der Waals surface area (Å²) in [6, 6.07) is 10.7. The van der Waals surface area contributed by atoms with E-state index < -0.39 is 0 Å². The summed E-state index contributed by atoms with van der Waals surface area (Å²) in [5, 5.41) is 1.02. The van der Waals surface area contributed by atoms with Crippen molar-refractivity contribution >= 4 is 29.1 Å². The lowest BCUT2D eigenvalue weighted by molar-refractivity contribution is 0.0785. The Kier molecular flexibility index (Phi) is 4.40. The van der Waals surface area contributed by atoms with Crippen LogP contribution in [0.1, 0.15) is 15.9 Å². The molecule has 0 saturated heterocycles. The predicted molar refractivity (Wildman–Crippen MR) is 76.5 cm³/mol. The number of amides is 1. The number of halogens is 2. The second kappa shape index (κ2) is 6.04. The van der Waals surface area contributed by atoms with Gasteiger partial charge in [-0.3, -0.25) is 4.79 Å². The SMILES string of the molecule is CN(Cc1ccccc1Cl)C(=O)c1ccc(Cl)nc1. The van der Waals surface area contributed by atoms with E-state index in [0.717, 1.165) is 5.56 Å². The Morgan fingerprint density at radius 1 is 1.21 bits per heavy atom. The van der Waals surface area contributed by atoms with Gasteiger partial charge in [0.25, 0.3) is 5.91 Å². The molecule has 0 bridgehead atoms. The van der Waals surface area contributed by atoms with Crippen LogP contribution in [-0.2, 0) is 6.54 Å². The molecule has 1 heterocycles. The zero-order valence-electron chi connectivity index (χ0n) is 10.3. The number of hydrogen-bond donors (Lipinski definition) is 0. The summed E-state index contributed by atoms with van der Waals surface area (Å²) < 4.78 is 0. The molecule has 2 rings (SSSR count). The first-order valence-electron chi connectivity index (χ1n) is 5.68. The van der Waals surface area contributed by atoms with Gasteiger partial charge in [-0.1, -0.05) is 41.4 Å². The fourth-order valence-corrected chi connectivity index (χ4v) is 1.98. The van der Waals surface area contributed by atoms with E-state index in [1.54, 1.807) is 30.1 Å². The van der Waals surface area contributed by atoms with E-state index in [-0.39, 0.29) is 5.91 Å². The maximum absolute atomic E-state index is 12.2. The maximum Gasteiger partial charge on any atom is 0.255 e. The van der Waals surface area contributed by atoms with E-state index in [1.165, 1.54) is 6.20 Å². The minimum absolute atomic E-state index is 0.121. The van der Waals surface area contributed by atoms with Crippen LogP contribution in [0.4, 0.5) is 0 Å². The van der Waals surface area contributed by atoms with Crippen molar-refractivity contribution in [3.8, 4) is 0 Å². The van der Waals surface area contributed by atoms with E-state index in [1.807, 2.05) is 18.2 Å². The van der Waals surface area contributed by atoms with Gasteiger partial charge in [0, 0.05) is 24.8 Å². The van der Waals surface area contributed by atoms with Crippen molar-refractivity contribution in [3.63, 3.8) is 0 Å². The van der Waals surface area contributed by atoms with Crippen molar-refractivity contribution in [3.05, 3.63) is 63.9 Å². The van der Waals surface area contributed by atoms with Crippen molar-refractivity contribution in [1.82, 2.24) is 9.88 Å². The minimum Gasteiger partial charge on any atom is -0.337 e. The second-order valence-electron chi connectivity index (χ2n) is 4.12. The highest BCUT2D eigenvalue weighted by Gasteiger charge is 2.13. The zero-order chi connectivity index (χ0) is 13.8. The molecule has 0 radical (unpaired) electrons. The Morgan fingerprint density at radius 2 is 1.95 bits per heavy atom. The predicted octanol–water partition coefficient (Wildman–Crippen LogP) is 3.66. The van der Waals surface area contributed by atoms with Gasteiger partial charge in [0.15, 0.2) is 0 Å². The van der Waals surface area contributed by atoms with Crippen LogP contribution in [0, 0.1) is 0 Å². The average Bonchev–Trinajstić information content (AvgIpc) is 2.41. The molecule has 1 aromatic carbocycles. The molecule has 0 fully saturated rings. The molecule has 5 heteroatoms. The zero-order valence-corrected chi connectivity index (χ0v) is 11.8. The van der Waals surface area contributed by atoms with E-state index in [9.17, 15) is 4.79 Å². The van der Waals surface area contributed by atoms with Gasteiger partial charge in [0.05, 0.1) is 5.56 Å². The minimum atomic E-state index is -0.121. The standard InChI is InChI=1S/C14H12Cl2N2O/c1-18(9-11-4-2-3-5-12(11)15)14(19)10-6-7-13(16)17-8-10/h2-8H,9H2,1H3. The Bertz CT molecular complexity index is 584. The highest BCUT2D eigenvalue weighted by Crippen LogP contribution is 2.17. The lowest BCUT2D eigenvalue weighted by Gasteiger charge is -2.17. The van der Waals surface area contributed by atoms with Crippen molar-refractivity contribution in [2.75, 3.05) is 7.05 Å². The molecule has 2 aromatic rings. The fourth-order valence-electron chi connectivity index (χ4n) is 1.68. The number of benzene rings is 1. The summed E-state index contributed by atoms with van der Waals surface area (Å²) in [6.45, 7) is 0.446. The summed E-state index contributed by atoms with van der Waals surface area (Å²) in [6.07, 6.45) is 1.47. The number of pyridine rings is 1. The largest absolute Gasteiger partial charge is 0.337 e. The molecular formula is C14H12Cl2N2O. The third-order valence-corrected chi connectivity index (χ3v) is 3.28. The van der Waals surface area contributed by atoms with Crippen LogP contribution < -0.4 is 0 Å². The van der Waals surface area contributed by atoms with Crippen molar-refractivity contribution < 1.29 is 4.79 Å². The van der Waals surface area contributed by atoms with Crippen LogP contribution in [0.5, 0.6) is 0 Å². The Morgan fingerprint density at radius 3 is 2.58 bits per heavy atom. The van der Waals surface area contributed by atoms with Gasteiger partial charge in [-0.15, -0.1) is 0 Å². The Balaban J connectivity index is 2.12.